The molecule has 1 fully saturated rings. The maximum Gasteiger partial charge on any atom is 0.170 e. The van der Waals surface area contributed by atoms with Crippen LogP contribution in [0.2, 0.25) is 0 Å². The summed E-state index contributed by atoms with van der Waals surface area (Å²) in [5.74, 6) is 0. The van der Waals surface area contributed by atoms with E-state index in [2.05, 4.69) is 84.7 Å². The molecular weight excluding hydrogens is 376 g/mol. The summed E-state index contributed by atoms with van der Waals surface area (Å²) in [6.45, 7) is 11.8. The predicted octanol–water partition coefficient (Wildman–Crippen LogP) is 5.10. The third kappa shape index (κ3) is 3.23. The third-order valence-corrected chi connectivity index (χ3v) is 6.50. The number of hydrogen-bond donors (Lipinski definition) is 1. The van der Waals surface area contributed by atoms with Crippen molar-refractivity contribution in [1.29, 1.82) is 0 Å². The minimum absolute atomic E-state index is 0.0382. The number of benzene rings is 1. The smallest absolute Gasteiger partial charge is 0.170 e. The van der Waals surface area contributed by atoms with Gasteiger partial charge in [0.2, 0.25) is 0 Å². The van der Waals surface area contributed by atoms with Crippen LogP contribution in [0.4, 0.5) is 0 Å². The normalized spacial score (nSPS) is 18.9. The van der Waals surface area contributed by atoms with Crippen LogP contribution in [0.3, 0.4) is 0 Å². The third-order valence-electron chi connectivity index (χ3n) is 6.14. The number of likely N-dealkylation sites (N-methyl/N-ethyl adjacent to an activating group) is 1. The van der Waals surface area contributed by atoms with Crippen molar-refractivity contribution in [1.82, 2.24) is 19.8 Å². The Bertz CT molecular complexity index is 1050. The van der Waals surface area contributed by atoms with E-state index in [1.807, 2.05) is 18.3 Å². The lowest BCUT2D eigenvalue weighted by Gasteiger charge is -2.27. The molecule has 4 nitrogen and oxygen atoms in total. The molecule has 0 aliphatic carbocycles. The van der Waals surface area contributed by atoms with Crippen molar-refractivity contribution in [3.63, 3.8) is 0 Å². The molecule has 4 rings (SSSR count). The van der Waals surface area contributed by atoms with Gasteiger partial charge in [-0.1, -0.05) is 18.2 Å². The summed E-state index contributed by atoms with van der Waals surface area (Å²) in [4.78, 5) is 6.91. The summed E-state index contributed by atoms with van der Waals surface area (Å²) in [6, 6.07) is 15.1. The molecule has 0 spiro atoms. The average molecular weight is 405 g/mol. The molecule has 0 saturated carbocycles. The van der Waals surface area contributed by atoms with E-state index in [0.29, 0.717) is 0 Å². The first-order valence-corrected chi connectivity index (χ1v) is 10.6. The lowest BCUT2D eigenvalue weighted by molar-refractivity contribution is 0.329. The molecule has 150 valence electrons. The van der Waals surface area contributed by atoms with Crippen molar-refractivity contribution in [2.24, 2.45) is 0 Å². The number of nitrogens with zero attached hydrogens (tertiary/aromatic N) is 3. The minimum Gasteiger partial charge on any atom is -0.352 e. The molecule has 3 aromatic rings. The van der Waals surface area contributed by atoms with Crippen LogP contribution in [0.5, 0.6) is 0 Å². The zero-order chi connectivity index (χ0) is 20.7. The van der Waals surface area contributed by atoms with E-state index in [0.717, 1.165) is 17.4 Å². The maximum absolute atomic E-state index is 5.69. The second-order valence-electron chi connectivity index (χ2n) is 7.79. The van der Waals surface area contributed by atoms with Crippen molar-refractivity contribution in [3.8, 4) is 5.69 Å². The van der Waals surface area contributed by atoms with Crippen molar-refractivity contribution in [2.75, 3.05) is 6.54 Å². The molecule has 1 aromatic carbocycles. The summed E-state index contributed by atoms with van der Waals surface area (Å²) in [5, 5.41) is 4.32. The van der Waals surface area contributed by atoms with Gasteiger partial charge in [0.25, 0.3) is 0 Å². The quantitative estimate of drug-likeness (QED) is 0.614. The van der Waals surface area contributed by atoms with Crippen molar-refractivity contribution in [3.05, 3.63) is 82.4 Å². The van der Waals surface area contributed by atoms with Gasteiger partial charge in [-0.3, -0.25) is 4.98 Å². The zero-order valence-corrected chi connectivity index (χ0v) is 18.5. The predicted molar refractivity (Wildman–Crippen MR) is 123 cm³/mol. The van der Waals surface area contributed by atoms with Crippen LogP contribution in [0.1, 0.15) is 52.8 Å². The standard InChI is InChI=1S/C24H28N4S/c1-6-27-23(22(26-24(27)29)20-11-7-8-13-25-20)19-14-16(3)28(18(19)5)21-12-9-10-15(2)17(21)4/h7-14,22-23H,6H2,1-5H3,(H,26,29)/t22-,23-/m0/s1. The van der Waals surface area contributed by atoms with Crippen LogP contribution in [-0.2, 0) is 0 Å². The van der Waals surface area contributed by atoms with Gasteiger partial charge in [-0.05, 0) is 87.8 Å². The molecule has 0 amide bonds. The summed E-state index contributed by atoms with van der Waals surface area (Å²) < 4.78 is 2.38. The highest BCUT2D eigenvalue weighted by atomic mass is 32.1. The summed E-state index contributed by atoms with van der Waals surface area (Å²) in [7, 11) is 0. The molecule has 1 saturated heterocycles. The Labute approximate surface area is 178 Å². The number of aryl methyl sites for hydroxylation is 2. The van der Waals surface area contributed by atoms with E-state index in [9.17, 15) is 0 Å². The van der Waals surface area contributed by atoms with Crippen molar-refractivity contribution >= 4 is 17.3 Å². The SMILES string of the molecule is CCN1C(=S)N[C@@H](c2ccccn2)[C@@H]1c1cc(C)n(-c2cccc(C)c2C)c1C. The van der Waals surface area contributed by atoms with E-state index in [1.165, 1.54) is 33.8 Å². The molecule has 3 heterocycles. The van der Waals surface area contributed by atoms with E-state index in [4.69, 9.17) is 12.2 Å². The van der Waals surface area contributed by atoms with E-state index >= 15 is 0 Å². The molecule has 0 bridgehead atoms. The first-order chi connectivity index (χ1) is 13.9. The molecular formula is C24H28N4S. The fourth-order valence-electron chi connectivity index (χ4n) is 4.52. The first-order valence-electron chi connectivity index (χ1n) is 10.2. The van der Waals surface area contributed by atoms with E-state index < -0.39 is 0 Å². The lowest BCUT2D eigenvalue weighted by Crippen LogP contribution is -2.29. The monoisotopic (exact) mass is 404 g/mol. The fourth-order valence-corrected chi connectivity index (χ4v) is 4.89. The van der Waals surface area contributed by atoms with Crippen LogP contribution in [0.15, 0.2) is 48.7 Å². The van der Waals surface area contributed by atoms with Gasteiger partial charge in [0, 0.05) is 29.8 Å². The van der Waals surface area contributed by atoms with Crippen molar-refractivity contribution < 1.29 is 0 Å². The number of nitrogens with one attached hydrogen (secondary N) is 1. The lowest BCUT2D eigenvalue weighted by atomic mass is 9.97. The Balaban J connectivity index is 1.86. The molecule has 2 atom stereocenters. The Morgan fingerprint density at radius 2 is 1.86 bits per heavy atom. The van der Waals surface area contributed by atoms with Crippen LogP contribution in [0, 0.1) is 27.7 Å². The second-order valence-corrected chi connectivity index (χ2v) is 8.18. The van der Waals surface area contributed by atoms with Crippen LogP contribution < -0.4 is 5.32 Å². The highest BCUT2D eigenvalue weighted by Crippen LogP contribution is 2.41. The number of hydrogen-bond acceptors (Lipinski definition) is 2. The van der Waals surface area contributed by atoms with E-state index in [-0.39, 0.29) is 12.1 Å². The van der Waals surface area contributed by atoms with Gasteiger partial charge in [-0.15, -0.1) is 0 Å². The molecule has 1 N–H and O–H groups in total. The molecule has 2 aromatic heterocycles. The molecule has 0 radical (unpaired) electrons. The second kappa shape index (κ2) is 7.64. The number of thiocarbonyl (C=S) groups is 1. The van der Waals surface area contributed by atoms with Crippen molar-refractivity contribution in [2.45, 2.75) is 46.7 Å². The Morgan fingerprint density at radius 3 is 2.55 bits per heavy atom. The molecule has 1 aliphatic heterocycles. The number of rotatable bonds is 4. The maximum atomic E-state index is 5.69. The number of pyridine rings is 1. The average Bonchev–Trinajstić information content (AvgIpc) is 3.20. The molecule has 5 heteroatoms. The van der Waals surface area contributed by atoms with Gasteiger partial charge < -0.3 is 14.8 Å². The van der Waals surface area contributed by atoms with Gasteiger partial charge in [0.15, 0.2) is 5.11 Å². The molecule has 1 aliphatic rings. The summed E-state index contributed by atoms with van der Waals surface area (Å²) >= 11 is 5.69. The van der Waals surface area contributed by atoms with E-state index in [1.54, 1.807) is 0 Å². The summed E-state index contributed by atoms with van der Waals surface area (Å²) in [6.07, 6.45) is 1.85. The van der Waals surface area contributed by atoms with Gasteiger partial charge >= 0.3 is 0 Å². The highest BCUT2D eigenvalue weighted by Gasteiger charge is 2.40. The van der Waals surface area contributed by atoms with Gasteiger partial charge in [-0.2, -0.15) is 0 Å². The highest BCUT2D eigenvalue weighted by molar-refractivity contribution is 7.80. The fraction of sp³-hybridized carbons (Fsp3) is 0.333. The topological polar surface area (TPSA) is 33.1 Å². The first kappa shape index (κ1) is 19.6. The van der Waals surface area contributed by atoms with Crippen LogP contribution in [-0.4, -0.2) is 26.1 Å². The number of aromatic nitrogens is 2. The Morgan fingerprint density at radius 1 is 1.07 bits per heavy atom. The zero-order valence-electron chi connectivity index (χ0n) is 17.7. The Kier molecular flexibility index (Phi) is 5.17. The van der Waals surface area contributed by atoms with Crippen LogP contribution >= 0.6 is 12.2 Å². The Hall–Kier alpha value is -2.66. The molecule has 29 heavy (non-hydrogen) atoms. The van der Waals surface area contributed by atoms with Gasteiger partial charge in [0.05, 0.1) is 17.8 Å². The summed E-state index contributed by atoms with van der Waals surface area (Å²) in [5.41, 5.74) is 8.68. The van der Waals surface area contributed by atoms with Gasteiger partial charge in [0.1, 0.15) is 0 Å². The molecule has 0 unspecified atom stereocenters. The largest absolute Gasteiger partial charge is 0.352 e. The van der Waals surface area contributed by atoms with Crippen LogP contribution in [0.25, 0.3) is 5.69 Å². The van der Waals surface area contributed by atoms with Gasteiger partial charge in [-0.25, -0.2) is 0 Å². The minimum atomic E-state index is 0.0382.